The molecule has 0 bridgehead atoms. The highest BCUT2D eigenvalue weighted by molar-refractivity contribution is 6.00. The standard InChI is InChI=1S/C18H22N2O4/c1-12-4-2-3-5-15(12)20-11-14(10-16(20)21)17(22)19-8-6-13(7-9-19)18(23)24/h2-5,13-14H,6-11H2,1H3,(H,23,24)/t14-/m1/s1. The fourth-order valence-electron chi connectivity index (χ4n) is 3.58. The van der Waals surface area contributed by atoms with Gasteiger partial charge < -0.3 is 14.9 Å². The number of benzene rings is 1. The van der Waals surface area contributed by atoms with Gasteiger partial charge in [0.25, 0.3) is 0 Å². The number of carboxylic acid groups (broad SMARTS) is 1. The van der Waals surface area contributed by atoms with Gasteiger partial charge in [-0.2, -0.15) is 0 Å². The molecule has 128 valence electrons. The van der Waals surface area contributed by atoms with E-state index >= 15 is 0 Å². The van der Waals surface area contributed by atoms with Crippen LogP contribution in [0.2, 0.25) is 0 Å². The van der Waals surface area contributed by atoms with Gasteiger partial charge in [0.2, 0.25) is 11.8 Å². The van der Waals surface area contributed by atoms with Gasteiger partial charge in [0.15, 0.2) is 0 Å². The molecule has 0 unspecified atom stereocenters. The number of hydrogen-bond acceptors (Lipinski definition) is 3. The van der Waals surface area contributed by atoms with Gasteiger partial charge in [0, 0.05) is 31.7 Å². The molecule has 2 aliphatic heterocycles. The van der Waals surface area contributed by atoms with E-state index in [4.69, 9.17) is 5.11 Å². The highest BCUT2D eigenvalue weighted by Gasteiger charge is 2.38. The first-order valence-corrected chi connectivity index (χ1v) is 8.35. The van der Waals surface area contributed by atoms with Crippen LogP contribution in [0.3, 0.4) is 0 Å². The number of rotatable bonds is 3. The maximum atomic E-state index is 12.7. The minimum Gasteiger partial charge on any atom is -0.481 e. The molecule has 1 N–H and O–H groups in total. The van der Waals surface area contributed by atoms with Crippen LogP contribution in [-0.2, 0) is 14.4 Å². The van der Waals surface area contributed by atoms with Crippen molar-refractivity contribution in [2.75, 3.05) is 24.5 Å². The third kappa shape index (κ3) is 3.13. The van der Waals surface area contributed by atoms with Crippen LogP contribution in [0, 0.1) is 18.8 Å². The van der Waals surface area contributed by atoms with E-state index in [-0.39, 0.29) is 30.1 Å². The third-order valence-corrected chi connectivity index (χ3v) is 5.04. The zero-order chi connectivity index (χ0) is 17.3. The smallest absolute Gasteiger partial charge is 0.306 e. The van der Waals surface area contributed by atoms with Crippen LogP contribution in [0.1, 0.15) is 24.8 Å². The van der Waals surface area contributed by atoms with Gasteiger partial charge >= 0.3 is 5.97 Å². The van der Waals surface area contributed by atoms with E-state index in [0.29, 0.717) is 32.5 Å². The number of amides is 2. The molecule has 2 heterocycles. The Kier molecular flexibility index (Phi) is 4.55. The number of nitrogens with zero attached hydrogens (tertiary/aromatic N) is 2. The van der Waals surface area contributed by atoms with Crippen molar-refractivity contribution in [1.29, 1.82) is 0 Å². The molecule has 3 rings (SSSR count). The number of carboxylic acids is 1. The maximum Gasteiger partial charge on any atom is 0.306 e. The van der Waals surface area contributed by atoms with Gasteiger partial charge in [0.1, 0.15) is 0 Å². The van der Waals surface area contributed by atoms with Crippen molar-refractivity contribution in [3.63, 3.8) is 0 Å². The molecule has 1 aromatic carbocycles. The molecular formula is C18H22N2O4. The Hall–Kier alpha value is -2.37. The van der Waals surface area contributed by atoms with Crippen molar-refractivity contribution in [2.24, 2.45) is 11.8 Å². The van der Waals surface area contributed by atoms with E-state index in [1.165, 1.54) is 0 Å². The summed E-state index contributed by atoms with van der Waals surface area (Å²) in [4.78, 5) is 39.5. The SMILES string of the molecule is Cc1ccccc1N1C[C@H](C(=O)N2CCC(C(=O)O)CC2)CC1=O. The highest BCUT2D eigenvalue weighted by atomic mass is 16.4. The van der Waals surface area contributed by atoms with Gasteiger partial charge in [-0.05, 0) is 31.4 Å². The van der Waals surface area contributed by atoms with Crippen LogP contribution < -0.4 is 4.90 Å². The van der Waals surface area contributed by atoms with E-state index in [9.17, 15) is 14.4 Å². The molecule has 6 heteroatoms. The molecular weight excluding hydrogens is 308 g/mol. The van der Waals surface area contributed by atoms with Crippen LogP contribution in [0.15, 0.2) is 24.3 Å². The Labute approximate surface area is 141 Å². The normalized spacial score (nSPS) is 22.0. The molecule has 2 amide bonds. The van der Waals surface area contributed by atoms with Crippen LogP contribution in [0.25, 0.3) is 0 Å². The molecule has 6 nitrogen and oxygen atoms in total. The average molecular weight is 330 g/mol. The van der Waals surface area contributed by atoms with Crippen molar-refractivity contribution < 1.29 is 19.5 Å². The summed E-state index contributed by atoms with van der Waals surface area (Å²) in [6.45, 7) is 3.28. The average Bonchev–Trinajstić information content (AvgIpc) is 2.96. The molecule has 2 saturated heterocycles. The summed E-state index contributed by atoms with van der Waals surface area (Å²) in [5, 5.41) is 9.04. The van der Waals surface area contributed by atoms with Crippen molar-refractivity contribution in [1.82, 2.24) is 4.90 Å². The largest absolute Gasteiger partial charge is 0.481 e. The molecule has 2 fully saturated rings. The first-order valence-electron chi connectivity index (χ1n) is 8.35. The highest BCUT2D eigenvalue weighted by Crippen LogP contribution is 2.29. The lowest BCUT2D eigenvalue weighted by Crippen LogP contribution is -2.43. The molecule has 2 aliphatic rings. The summed E-state index contributed by atoms with van der Waals surface area (Å²) in [5.74, 6) is -1.53. The third-order valence-electron chi connectivity index (χ3n) is 5.04. The molecule has 1 atom stereocenters. The Morgan fingerprint density at radius 1 is 1.12 bits per heavy atom. The van der Waals surface area contributed by atoms with Gasteiger partial charge in [-0.1, -0.05) is 18.2 Å². The second-order valence-corrected chi connectivity index (χ2v) is 6.63. The molecule has 24 heavy (non-hydrogen) atoms. The predicted octanol–water partition coefficient (Wildman–Crippen LogP) is 1.67. The van der Waals surface area contributed by atoms with Gasteiger partial charge in [-0.3, -0.25) is 14.4 Å². The lowest BCUT2D eigenvalue weighted by molar-refractivity contribution is -0.146. The summed E-state index contributed by atoms with van der Waals surface area (Å²) in [7, 11) is 0. The summed E-state index contributed by atoms with van der Waals surface area (Å²) >= 11 is 0. The van der Waals surface area contributed by atoms with E-state index < -0.39 is 5.97 Å². The summed E-state index contributed by atoms with van der Waals surface area (Å²) in [6, 6.07) is 7.67. The topological polar surface area (TPSA) is 77.9 Å². The van der Waals surface area contributed by atoms with Gasteiger partial charge in [0.05, 0.1) is 11.8 Å². The monoisotopic (exact) mass is 330 g/mol. The number of aryl methyl sites for hydroxylation is 1. The summed E-state index contributed by atoms with van der Waals surface area (Å²) in [6.07, 6.45) is 1.21. The number of anilines is 1. The second kappa shape index (κ2) is 6.63. The summed E-state index contributed by atoms with van der Waals surface area (Å²) in [5.41, 5.74) is 1.88. The first kappa shape index (κ1) is 16.5. The van der Waals surface area contributed by atoms with E-state index in [0.717, 1.165) is 11.3 Å². The zero-order valence-corrected chi connectivity index (χ0v) is 13.8. The number of hydrogen-bond donors (Lipinski definition) is 1. The molecule has 1 aromatic rings. The maximum absolute atomic E-state index is 12.7. The molecule has 0 saturated carbocycles. The molecule has 0 spiro atoms. The fraction of sp³-hybridized carbons (Fsp3) is 0.500. The minimum atomic E-state index is -0.788. The second-order valence-electron chi connectivity index (χ2n) is 6.63. The number of aliphatic carboxylic acids is 1. The van der Waals surface area contributed by atoms with Gasteiger partial charge in [-0.15, -0.1) is 0 Å². The molecule has 0 aromatic heterocycles. The van der Waals surface area contributed by atoms with Gasteiger partial charge in [-0.25, -0.2) is 0 Å². The van der Waals surface area contributed by atoms with Crippen LogP contribution in [0.5, 0.6) is 0 Å². The lowest BCUT2D eigenvalue weighted by atomic mass is 9.95. The molecule has 0 radical (unpaired) electrons. The van der Waals surface area contributed by atoms with Crippen molar-refractivity contribution in [3.8, 4) is 0 Å². The quantitative estimate of drug-likeness (QED) is 0.914. The first-order chi connectivity index (χ1) is 11.5. The Morgan fingerprint density at radius 2 is 1.79 bits per heavy atom. The molecule has 0 aliphatic carbocycles. The number of carbonyl (C=O) groups excluding carboxylic acids is 2. The van der Waals surface area contributed by atoms with E-state index in [1.807, 2.05) is 31.2 Å². The number of likely N-dealkylation sites (tertiary alicyclic amines) is 1. The fourth-order valence-corrected chi connectivity index (χ4v) is 3.58. The van der Waals surface area contributed by atoms with Crippen molar-refractivity contribution in [3.05, 3.63) is 29.8 Å². The number of carbonyl (C=O) groups is 3. The van der Waals surface area contributed by atoms with E-state index in [2.05, 4.69) is 0 Å². The Bertz CT molecular complexity index is 665. The van der Waals surface area contributed by atoms with Crippen molar-refractivity contribution in [2.45, 2.75) is 26.2 Å². The van der Waals surface area contributed by atoms with Crippen molar-refractivity contribution >= 4 is 23.5 Å². The number of piperidine rings is 1. The summed E-state index contributed by atoms with van der Waals surface area (Å²) < 4.78 is 0. The lowest BCUT2D eigenvalue weighted by Gasteiger charge is -2.31. The van der Waals surface area contributed by atoms with Crippen LogP contribution in [0.4, 0.5) is 5.69 Å². The van der Waals surface area contributed by atoms with Crippen LogP contribution >= 0.6 is 0 Å². The Balaban J connectivity index is 1.65. The van der Waals surface area contributed by atoms with E-state index in [1.54, 1.807) is 9.80 Å². The zero-order valence-electron chi connectivity index (χ0n) is 13.8. The van der Waals surface area contributed by atoms with Crippen LogP contribution in [-0.4, -0.2) is 47.4 Å². The minimum absolute atomic E-state index is 0.0247. The predicted molar refractivity (Wildman–Crippen MR) is 88.6 cm³/mol. The number of para-hydroxylation sites is 1. The Morgan fingerprint density at radius 3 is 2.42 bits per heavy atom.